The van der Waals surface area contributed by atoms with E-state index < -0.39 is 22.2 Å². The third-order valence-electron chi connectivity index (χ3n) is 4.47. The minimum atomic E-state index is -5.08. The Morgan fingerprint density at radius 1 is 1.50 bits per heavy atom. The Balaban J connectivity index is 0.000000345. The summed E-state index contributed by atoms with van der Waals surface area (Å²) < 4.78 is 63.4. The zero-order valence-electron chi connectivity index (χ0n) is 15.2. The Morgan fingerprint density at radius 2 is 2.18 bits per heavy atom. The van der Waals surface area contributed by atoms with Gasteiger partial charge in [-0.25, -0.2) is 17.9 Å². The zero-order valence-corrected chi connectivity index (χ0v) is 16.9. The van der Waals surface area contributed by atoms with Crippen LogP contribution in [0, 0.1) is 0 Å². The number of thiophene rings is 1. The number of halogens is 3. The molecule has 2 atom stereocenters. The van der Waals surface area contributed by atoms with Crippen LogP contribution in [0.1, 0.15) is 24.1 Å². The van der Waals surface area contributed by atoms with Gasteiger partial charge in [-0.1, -0.05) is 6.07 Å². The second kappa shape index (κ2) is 9.08. The van der Waals surface area contributed by atoms with Crippen LogP contribution in [-0.4, -0.2) is 68.2 Å². The SMILES string of the molecule is CS(=O)(=O)N[C@H]1CCO[C@]2(CCN(Cc3cccs3)C2)C1.O=C(O)C(F)(F)F. The van der Waals surface area contributed by atoms with E-state index in [-0.39, 0.29) is 11.6 Å². The number of carboxylic acid groups (broad SMARTS) is 1. The predicted molar refractivity (Wildman–Crippen MR) is 97.6 cm³/mol. The molecule has 0 aromatic carbocycles. The standard InChI is InChI=1S/C14H22N2O3S2.C2HF3O2/c1-21(17,18)15-12-4-7-19-14(9-12)5-6-16(11-14)10-13-3-2-8-20-13;3-2(4,5)1(6)7/h2-3,8,12,15H,4-7,9-11H2,1H3;(H,6,7)/t12-,14+;/m0./s1. The number of alkyl halides is 3. The Hall–Kier alpha value is -1.21. The molecule has 2 aliphatic heterocycles. The van der Waals surface area contributed by atoms with Gasteiger partial charge in [-0.3, -0.25) is 4.90 Å². The lowest BCUT2D eigenvalue weighted by Crippen LogP contribution is -2.49. The second-order valence-electron chi connectivity index (χ2n) is 6.95. The number of sulfonamides is 1. The summed E-state index contributed by atoms with van der Waals surface area (Å²) in [6, 6.07) is 4.25. The highest BCUT2D eigenvalue weighted by atomic mass is 32.2. The van der Waals surface area contributed by atoms with Crippen molar-refractivity contribution in [3.8, 4) is 0 Å². The Kier molecular flexibility index (Phi) is 7.48. The fraction of sp³-hybridized carbons (Fsp3) is 0.688. The quantitative estimate of drug-likeness (QED) is 0.738. The van der Waals surface area contributed by atoms with Crippen molar-refractivity contribution in [3.63, 3.8) is 0 Å². The van der Waals surface area contributed by atoms with Crippen molar-refractivity contribution in [2.24, 2.45) is 0 Å². The van der Waals surface area contributed by atoms with Crippen LogP contribution in [0.15, 0.2) is 17.5 Å². The molecule has 0 bridgehead atoms. The van der Waals surface area contributed by atoms with Crippen molar-refractivity contribution >= 4 is 27.3 Å². The van der Waals surface area contributed by atoms with Crippen molar-refractivity contribution in [2.75, 3.05) is 26.0 Å². The molecule has 28 heavy (non-hydrogen) atoms. The number of carbonyl (C=O) groups is 1. The first-order valence-electron chi connectivity index (χ1n) is 8.55. The molecule has 2 fully saturated rings. The van der Waals surface area contributed by atoms with E-state index in [1.807, 2.05) is 0 Å². The molecule has 12 heteroatoms. The largest absolute Gasteiger partial charge is 0.490 e. The highest BCUT2D eigenvalue weighted by Gasteiger charge is 2.43. The summed E-state index contributed by atoms with van der Waals surface area (Å²) >= 11 is 1.78. The van der Waals surface area contributed by atoms with Gasteiger partial charge in [0.15, 0.2) is 0 Å². The summed E-state index contributed by atoms with van der Waals surface area (Å²) in [6.07, 6.45) is -1.33. The molecule has 0 unspecified atom stereocenters. The fourth-order valence-corrected chi connectivity index (χ4v) is 4.95. The monoisotopic (exact) mass is 444 g/mol. The summed E-state index contributed by atoms with van der Waals surface area (Å²) in [5, 5.41) is 9.23. The third kappa shape index (κ3) is 7.32. The van der Waals surface area contributed by atoms with E-state index in [1.165, 1.54) is 11.1 Å². The fourth-order valence-electron chi connectivity index (χ4n) is 3.40. The molecule has 160 valence electrons. The van der Waals surface area contributed by atoms with Crippen LogP contribution in [0.25, 0.3) is 0 Å². The molecule has 2 saturated heterocycles. The molecule has 7 nitrogen and oxygen atoms in total. The summed E-state index contributed by atoms with van der Waals surface area (Å²) in [5.74, 6) is -2.76. The van der Waals surface area contributed by atoms with Gasteiger partial charge >= 0.3 is 12.1 Å². The van der Waals surface area contributed by atoms with E-state index in [0.29, 0.717) is 6.61 Å². The topological polar surface area (TPSA) is 95.9 Å². The first-order chi connectivity index (χ1) is 12.9. The molecule has 3 heterocycles. The van der Waals surface area contributed by atoms with E-state index in [2.05, 4.69) is 27.1 Å². The molecule has 1 aromatic heterocycles. The van der Waals surface area contributed by atoms with Crippen LogP contribution in [-0.2, 0) is 26.1 Å². The minimum absolute atomic E-state index is 0.00966. The van der Waals surface area contributed by atoms with E-state index in [0.717, 1.165) is 38.9 Å². The maximum Gasteiger partial charge on any atom is 0.490 e. The van der Waals surface area contributed by atoms with Crippen LogP contribution >= 0.6 is 11.3 Å². The summed E-state index contributed by atoms with van der Waals surface area (Å²) in [7, 11) is -3.14. The number of hydrogen-bond acceptors (Lipinski definition) is 6. The summed E-state index contributed by atoms with van der Waals surface area (Å²) in [5.41, 5.74) is -0.169. The summed E-state index contributed by atoms with van der Waals surface area (Å²) in [6.45, 7) is 3.52. The molecule has 0 radical (unpaired) electrons. The van der Waals surface area contributed by atoms with Crippen molar-refractivity contribution in [1.82, 2.24) is 9.62 Å². The van der Waals surface area contributed by atoms with E-state index in [9.17, 15) is 21.6 Å². The van der Waals surface area contributed by atoms with Crippen LogP contribution in [0.5, 0.6) is 0 Å². The lowest BCUT2D eigenvalue weighted by atomic mass is 9.90. The van der Waals surface area contributed by atoms with Crippen molar-refractivity contribution < 1.29 is 36.2 Å². The Bertz CT molecular complexity index is 755. The number of aliphatic carboxylic acids is 1. The van der Waals surface area contributed by atoms with Crippen LogP contribution in [0.4, 0.5) is 13.2 Å². The molecular formula is C16H23F3N2O5S2. The number of carboxylic acids is 1. The molecule has 2 N–H and O–H groups in total. The van der Waals surface area contributed by atoms with Gasteiger partial charge in [-0.05, 0) is 30.7 Å². The van der Waals surface area contributed by atoms with Crippen molar-refractivity contribution in [3.05, 3.63) is 22.4 Å². The Morgan fingerprint density at radius 3 is 2.71 bits per heavy atom. The van der Waals surface area contributed by atoms with Gasteiger partial charge in [0.25, 0.3) is 0 Å². The molecule has 0 aliphatic carbocycles. The normalized spacial score (nSPS) is 26.1. The minimum Gasteiger partial charge on any atom is -0.475 e. The van der Waals surface area contributed by atoms with E-state index >= 15 is 0 Å². The van der Waals surface area contributed by atoms with Gasteiger partial charge in [0.2, 0.25) is 10.0 Å². The molecule has 0 saturated carbocycles. The highest BCUT2D eigenvalue weighted by Crippen LogP contribution is 2.35. The van der Waals surface area contributed by atoms with Crippen LogP contribution < -0.4 is 4.72 Å². The highest BCUT2D eigenvalue weighted by molar-refractivity contribution is 7.88. The van der Waals surface area contributed by atoms with Gasteiger partial charge in [0, 0.05) is 37.2 Å². The zero-order chi connectivity index (χ0) is 21.0. The average Bonchev–Trinajstić information content (AvgIpc) is 3.16. The lowest BCUT2D eigenvalue weighted by molar-refractivity contribution is -0.192. The van der Waals surface area contributed by atoms with Gasteiger partial charge < -0.3 is 9.84 Å². The molecule has 3 rings (SSSR count). The van der Waals surface area contributed by atoms with Gasteiger partial charge in [-0.2, -0.15) is 13.2 Å². The number of rotatable bonds is 4. The van der Waals surface area contributed by atoms with Gasteiger partial charge in [0.05, 0.1) is 11.9 Å². The number of hydrogen-bond donors (Lipinski definition) is 2. The molecular weight excluding hydrogens is 421 g/mol. The number of nitrogens with zero attached hydrogens (tertiary/aromatic N) is 1. The lowest BCUT2D eigenvalue weighted by Gasteiger charge is -2.38. The molecule has 1 aromatic rings. The molecule has 2 aliphatic rings. The molecule has 0 amide bonds. The van der Waals surface area contributed by atoms with Crippen molar-refractivity contribution in [2.45, 2.75) is 43.6 Å². The third-order valence-corrected chi connectivity index (χ3v) is 6.09. The predicted octanol–water partition coefficient (Wildman–Crippen LogP) is 2.05. The number of nitrogens with one attached hydrogen (secondary N) is 1. The molecule has 1 spiro atoms. The summed E-state index contributed by atoms with van der Waals surface area (Å²) in [4.78, 5) is 12.7. The first kappa shape index (κ1) is 23.1. The van der Waals surface area contributed by atoms with Crippen molar-refractivity contribution in [1.29, 1.82) is 0 Å². The van der Waals surface area contributed by atoms with Crippen LogP contribution in [0.2, 0.25) is 0 Å². The smallest absolute Gasteiger partial charge is 0.475 e. The van der Waals surface area contributed by atoms with Gasteiger partial charge in [0.1, 0.15) is 0 Å². The first-order valence-corrected chi connectivity index (χ1v) is 11.3. The maximum atomic E-state index is 11.4. The number of likely N-dealkylation sites (tertiary alicyclic amines) is 1. The number of ether oxygens (including phenoxy) is 1. The van der Waals surface area contributed by atoms with Gasteiger partial charge in [-0.15, -0.1) is 11.3 Å². The average molecular weight is 444 g/mol. The van der Waals surface area contributed by atoms with Crippen LogP contribution in [0.3, 0.4) is 0 Å². The van der Waals surface area contributed by atoms with E-state index in [1.54, 1.807) is 11.3 Å². The second-order valence-corrected chi connectivity index (χ2v) is 9.77. The maximum absolute atomic E-state index is 11.4. The van der Waals surface area contributed by atoms with E-state index in [4.69, 9.17) is 14.6 Å². The Labute approximate surface area is 165 Å².